The summed E-state index contributed by atoms with van der Waals surface area (Å²) in [5.41, 5.74) is 0.921. The first-order chi connectivity index (χ1) is 16.4. The zero-order chi connectivity index (χ0) is 23.7. The number of aromatic nitrogens is 2. The molecule has 1 atom stereocenters. The summed E-state index contributed by atoms with van der Waals surface area (Å²) in [7, 11) is -3.54. The van der Waals surface area contributed by atoms with Crippen molar-refractivity contribution in [2.24, 2.45) is 0 Å². The van der Waals surface area contributed by atoms with Crippen molar-refractivity contribution >= 4 is 38.3 Å². The second kappa shape index (κ2) is 9.75. The lowest BCUT2D eigenvalue weighted by Gasteiger charge is -2.37. The largest absolute Gasteiger partial charge is 0.378 e. The van der Waals surface area contributed by atoms with Crippen LogP contribution in [-0.2, 0) is 14.8 Å². The van der Waals surface area contributed by atoms with E-state index in [4.69, 9.17) is 26.3 Å². The standard InChI is InChI=1S/C24H28ClN5O3S/c1-18(28-10-12-30(13-11-28)34(31,32)20-8-6-19(25)7-9-20)23-26-22-5-3-2-4-21(22)24(27-23)29-14-16-33-17-15-29/h2-9,18H,10-17H2,1H3. The second-order valence-electron chi connectivity index (χ2n) is 8.59. The molecule has 5 rings (SSSR count). The number of para-hydroxylation sites is 1. The van der Waals surface area contributed by atoms with Gasteiger partial charge < -0.3 is 9.64 Å². The molecular weight excluding hydrogens is 474 g/mol. The van der Waals surface area contributed by atoms with Crippen LogP contribution in [0.3, 0.4) is 0 Å². The molecule has 2 aliphatic rings. The predicted molar refractivity (Wildman–Crippen MR) is 133 cm³/mol. The lowest BCUT2D eigenvalue weighted by atomic mass is 10.1. The maximum Gasteiger partial charge on any atom is 0.243 e. The minimum absolute atomic E-state index is 0.0372. The van der Waals surface area contributed by atoms with Gasteiger partial charge in [0.1, 0.15) is 11.6 Å². The molecule has 1 unspecified atom stereocenters. The van der Waals surface area contributed by atoms with Gasteiger partial charge in [0.25, 0.3) is 0 Å². The van der Waals surface area contributed by atoms with Crippen LogP contribution in [0, 0.1) is 0 Å². The van der Waals surface area contributed by atoms with Gasteiger partial charge in [-0.25, -0.2) is 18.4 Å². The average Bonchev–Trinajstić information content (AvgIpc) is 2.88. The fourth-order valence-corrected chi connectivity index (χ4v) is 6.08. The summed E-state index contributed by atoms with van der Waals surface area (Å²) in [6, 6.07) is 14.4. The molecule has 34 heavy (non-hydrogen) atoms. The number of piperazine rings is 1. The van der Waals surface area contributed by atoms with Crippen molar-refractivity contribution in [3.63, 3.8) is 0 Å². The first kappa shape index (κ1) is 23.4. The number of rotatable bonds is 5. The Kier molecular flexibility index (Phi) is 6.72. The molecule has 2 saturated heterocycles. The molecule has 3 heterocycles. The van der Waals surface area contributed by atoms with Crippen LogP contribution in [-0.4, -0.2) is 80.1 Å². The molecule has 0 radical (unpaired) electrons. The lowest BCUT2D eigenvalue weighted by molar-refractivity contribution is 0.122. The number of sulfonamides is 1. The van der Waals surface area contributed by atoms with Gasteiger partial charge in [0.15, 0.2) is 0 Å². The van der Waals surface area contributed by atoms with Crippen LogP contribution in [0.25, 0.3) is 10.9 Å². The van der Waals surface area contributed by atoms with Gasteiger partial charge in [-0.15, -0.1) is 0 Å². The minimum Gasteiger partial charge on any atom is -0.378 e. The van der Waals surface area contributed by atoms with E-state index in [0.717, 1.165) is 35.6 Å². The van der Waals surface area contributed by atoms with E-state index < -0.39 is 10.0 Å². The first-order valence-corrected chi connectivity index (χ1v) is 13.3. The summed E-state index contributed by atoms with van der Waals surface area (Å²) in [4.78, 5) is 14.7. The summed E-state index contributed by atoms with van der Waals surface area (Å²) in [5, 5.41) is 1.56. The van der Waals surface area contributed by atoms with Crippen LogP contribution >= 0.6 is 11.6 Å². The fourth-order valence-electron chi connectivity index (χ4n) is 4.53. The number of ether oxygens (including phenoxy) is 1. The Balaban J connectivity index is 1.35. The number of hydrogen-bond acceptors (Lipinski definition) is 7. The van der Waals surface area contributed by atoms with Crippen molar-refractivity contribution in [2.75, 3.05) is 57.4 Å². The Bertz CT molecular complexity index is 1260. The number of anilines is 1. The summed E-state index contributed by atoms with van der Waals surface area (Å²) < 4.78 is 33.1. The zero-order valence-corrected chi connectivity index (χ0v) is 20.7. The van der Waals surface area contributed by atoms with Crippen LogP contribution in [0.4, 0.5) is 5.82 Å². The molecule has 0 saturated carbocycles. The molecule has 3 aromatic rings. The van der Waals surface area contributed by atoms with Crippen LogP contribution in [0.1, 0.15) is 18.8 Å². The Morgan fingerprint density at radius 3 is 2.29 bits per heavy atom. The summed E-state index contributed by atoms with van der Waals surface area (Å²) in [5.74, 6) is 1.70. The Hall–Kier alpha value is -2.30. The maximum atomic E-state index is 13.0. The van der Waals surface area contributed by atoms with Crippen LogP contribution in [0.15, 0.2) is 53.4 Å². The molecule has 1 aromatic heterocycles. The van der Waals surface area contributed by atoms with E-state index in [1.807, 2.05) is 18.2 Å². The van der Waals surface area contributed by atoms with Crippen molar-refractivity contribution in [2.45, 2.75) is 17.9 Å². The van der Waals surface area contributed by atoms with E-state index >= 15 is 0 Å². The van der Waals surface area contributed by atoms with Crippen molar-refractivity contribution in [1.82, 2.24) is 19.2 Å². The van der Waals surface area contributed by atoms with Gasteiger partial charge >= 0.3 is 0 Å². The second-order valence-corrected chi connectivity index (χ2v) is 11.0. The van der Waals surface area contributed by atoms with Crippen molar-refractivity contribution in [3.8, 4) is 0 Å². The van der Waals surface area contributed by atoms with Gasteiger partial charge in [0, 0.05) is 49.7 Å². The number of halogens is 1. The normalized spacial score (nSPS) is 19.4. The van der Waals surface area contributed by atoms with Gasteiger partial charge in [-0.2, -0.15) is 4.31 Å². The molecule has 0 N–H and O–H groups in total. The number of morpholine rings is 1. The molecular formula is C24H28ClN5O3S. The quantitative estimate of drug-likeness (QED) is 0.531. The highest BCUT2D eigenvalue weighted by Gasteiger charge is 2.31. The monoisotopic (exact) mass is 501 g/mol. The smallest absolute Gasteiger partial charge is 0.243 e. The minimum atomic E-state index is -3.54. The van der Waals surface area contributed by atoms with Crippen molar-refractivity contribution in [3.05, 3.63) is 59.4 Å². The molecule has 0 spiro atoms. The van der Waals surface area contributed by atoms with Crippen molar-refractivity contribution < 1.29 is 13.2 Å². The maximum absolute atomic E-state index is 13.0. The highest BCUT2D eigenvalue weighted by Crippen LogP contribution is 2.29. The van der Waals surface area contributed by atoms with Gasteiger partial charge in [-0.3, -0.25) is 4.90 Å². The fraction of sp³-hybridized carbons (Fsp3) is 0.417. The highest BCUT2D eigenvalue weighted by molar-refractivity contribution is 7.89. The van der Waals surface area contributed by atoms with Crippen LogP contribution in [0.5, 0.6) is 0 Å². The Morgan fingerprint density at radius 2 is 1.59 bits per heavy atom. The van der Waals surface area contributed by atoms with Gasteiger partial charge in [0.2, 0.25) is 10.0 Å². The van der Waals surface area contributed by atoms with Gasteiger partial charge in [0.05, 0.1) is 29.7 Å². The lowest BCUT2D eigenvalue weighted by Crippen LogP contribution is -2.49. The van der Waals surface area contributed by atoms with Crippen LogP contribution < -0.4 is 4.90 Å². The molecule has 2 fully saturated rings. The number of fused-ring (bicyclic) bond motifs is 1. The number of benzene rings is 2. The molecule has 2 aromatic carbocycles. The third-order valence-corrected chi connectivity index (χ3v) is 8.72. The Morgan fingerprint density at radius 1 is 0.912 bits per heavy atom. The molecule has 2 aliphatic heterocycles. The number of nitrogens with zero attached hydrogens (tertiary/aromatic N) is 5. The molecule has 8 nitrogen and oxygen atoms in total. The molecule has 0 amide bonds. The number of hydrogen-bond donors (Lipinski definition) is 0. The summed E-state index contributed by atoms with van der Waals surface area (Å²) >= 11 is 5.92. The third kappa shape index (κ3) is 4.63. The molecule has 180 valence electrons. The predicted octanol–water partition coefficient (Wildman–Crippen LogP) is 3.19. The van der Waals surface area contributed by atoms with Gasteiger partial charge in [-0.1, -0.05) is 23.7 Å². The van der Waals surface area contributed by atoms with E-state index in [-0.39, 0.29) is 10.9 Å². The van der Waals surface area contributed by atoms with E-state index in [9.17, 15) is 8.42 Å². The van der Waals surface area contributed by atoms with Crippen LogP contribution in [0.2, 0.25) is 5.02 Å². The Labute approximate surface area is 205 Å². The van der Waals surface area contributed by atoms with Gasteiger partial charge in [-0.05, 0) is 43.3 Å². The third-order valence-electron chi connectivity index (χ3n) is 6.56. The summed E-state index contributed by atoms with van der Waals surface area (Å²) in [6.07, 6.45) is 0. The molecule has 0 bridgehead atoms. The molecule has 0 aliphatic carbocycles. The first-order valence-electron chi connectivity index (χ1n) is 11.5. The van der Waals surface area contributed by atoms with Crippen molar-refractivity contribution in [1.29, 1.82) is 0 Å². The average molecular weight is 502 g/mol. The van der Waals surface area contributed by atoms with E-state index in [1.54, 1.807) is 28.6 Å². The topological polar surface area (TPSA) is 78.9 Å². The SMILES string of the molecule is CC(c1nc(N2CCOCC2)c2ccccc2n1)N1CCN(S(=O)(=O)c2ccc(Cl)cc2)CC1. The van der Waals surface area contributed by atoms with E-state index in [0.29, 0.717) is 44.4 Å². The zero-order valence-electron chi connectivity index (χ0n) is 19.1. The highest BCUT2D eigenvalue weighted by atomic mass is 35.5. The summed E-state index contributed by atoms with van der Waals surface area (Å²) in [6.45, 7) is 7.12. The molecule has 10 heteroatoms. The van der Waals surface area contributed by atoms with E-state index in [1.165, 1.54) is 0 Å². The van der Waals surface area contributed by atoms with E-state index in [2.05, 4.69) is 22.8 Å².